The van der Waals surface area contributed by atoms with Crippen molar-refractivity contribution >= 4 is 30.5 Å². The van der Waals surface area contributed by atoms with Crippen LogP contribution in [0.5, 0.6) is 0 Å². The molecular formula is C29H28N5O10P. The first kappa shape index (κ1) is 29.5. The summed E-state index contributed by atoms with van der Waals surface area (Å²) in [6.07, 6.45) is -2.08. The van der Waals surface area contributed by atoms with Gasteiger partial charge in [0, 0.05) is 29.1 Å². The second-order valence-electron chi connectivity index (χ2n) is 11.1. The van der Waals surface area contributed by atoms with Crippen LogP contribution in [0.2, 0.25) is 0 Å². The normalized spacial score (nSPS) is 25.0. The summed E-state index contributed by atoms with van der Waals surface area (Å²) >= 11 is 0. The Morgan fingerprint density at radius 1 is 1.18 bits per heavy atom. The van der Waals surface area contributed by atoms with E-state index < -0.39 is 55.7 Å². The lowest BCUT2D eigenvalue weighted by Gasteiger charge is -2.36. The predicted molar refractivity (Wildman–Crippen MR) is 157 cm³/mol. The van der Waals surface area contributed by atoms with Crippen molar-refractivity contribution in [3.05, 3.63) is 86.2 Å². The number of rotatable bonds is 7. The number of nitrogen functional groups attached to an aromatic ring is 1. The number of cyclic esters (lactones) is 1. The number of nitrogens with zero attached hydrogens (tertiary/aromatic N) is 4. The first-order valence-electron chi connectivity index (χ1n) is 14.2. The van der Waals surface area contributed by atoms with Crippen LogP contribution in [0.1, 0.15) is 42.7 Å². The Balaban J connectivity index is 1.17. The lowest BCUT2D eigenvalue weighted by atomic mass is 9.86. The van der Waals surface area contributed by atoms with Crippen LogP contribution in [0, 0.1) is 0 Å². The zero-order valence-electron chi connectivity index (χ0n) is 23.9. The quantitative estimate of drug-likeness (QED) is 0.172. The summed E-state index contributed by atoms with van der Waals surface area (Å²) in [4.78, 5) is 58.5. The molecule has 0 spiro atoms. The number of pyridine rings is 2. The van der Waals surface area contributed by atoms with Crippen molar-refractivity contribution in [3.63, 3.8) is 0 Å². The van der Waals surface area contributed by atoms with E-state index in [0.717, 1.165) is 21.0 Å². The third-order valence-corrected chi connectivity index (χ3v) is 9.44. The zero-order valence-corrected chi connectivity index (χ0v) is 24.8. The number of hydrogen-bond acceptors (Lipinski definition) is 12. The van der Waals surface area contributed by atoms with Gasteiger partial charge in [0.25, 0.3) is 5.56 Å². The Bertz CT molecular complexity index is 2050. The van der Waals surface area contributed by atoms with Crippen LogP contribution in [0.25, 0.3) is 22.3 Å². The van der Waals surface area contributed by atoms with Gasteiger partial charge in [-0.05, 0) is 30.7 Å². The molecule has 1 saturated heterocycles. The molecule has 3 aromatic heterocycles. The number of aliphatic hydroxyl groups is 1. The van der Waals surface area contributed by atoms with E-state index in [1.807, 2.05) is 30.3 Å². The highest BCUT2D eigenvalue weighted by molar-refractivity contribution is 7.47. The number of aromatic nitrogens is 4. The third kappa shape index (κ3) is 4.88. The van der Waals surface area contributed by atoms with Crippen LogP contribution >= 0.6 is 7.82 Å². The van der Waals surface area contributed by atoms with Crippen LogP contribution < -0.4 is 17.0 Å². The highest BCUT2D eigenvalue weighted by Crippen LogP contribution is 2.54. The van der Waals surface area contributed by atoms with Crippen LogP contribution in [-0.4, -0.2) is 53.9 Å². The predicted octanol–water partition coefficient (Wildman–Crippen LogP) is 1.71. The number of ether oxygens (including phenoxy) is 2. The molecule has 0 bridgehead atoms. The van der Waals surface area contributed by atoms with E-state index in [9.17, 15) is 28.9 Å². The van der Waals surface area contributed by atoms with E-state index in [1.165, 1.54) is 16.8 Å². The molecule has 5 atom stereocenters. The summed E-state index contributed by atoms with van der Waals surface area (Å²) < 4.78 is 37.9. The minimum Gasteiger partial charge on any atom is -0.458 e. The minimum absolute atomic E-state index is 0.0160. The van der Waals surface area contributed by atoms with Gasteiger partial charge in [-0.2, -0.15) is 4.98 Å². The van der Waals surface area contributed by atoms with E-state index in [4.69, 9.17) is 29.2 Å². The van der Waals surface area contributed by atoms with Crippen LogP contribution in [-0.2, 0) is 46.6 Å². The standard InChI is InChI=1S/C29H28N5O10P/c1-2-29(44-45(39,40)42-14-22-21(35)11-24(43-22)33-8-7-23(30)32-28(33)38)18-10-20-25-16(9-15-5-3-4-6-19(15)31-25)12-34(20)26(36)17(18)13-41-27(29)37/h3-10,21-22,24,35H,2,11-14H2,1H3,(H,39,40)(H2,30,32,38). The van der Waals surface area contributed by atoms with E-state index >= 15 is 0 Å². The summed E-state index contributed by atoms with van der Waals surface area (Å²) in [5.74, 6) is -0.945. The van der Waals surface area contributed by atoms with E-state index in [2.05, 4.69) is 4.98 Å². The highest BCUT2D eigenvalue weighted by Gasteiger charge is 2.53. The fraction of sp³-hybridized carbons (Fsp3) is 0.345. The second kappa shape index (κ2) is 10.7. The Kier molecular flexibility index (Phi) is 7.00. The van der Waals surface area contributed by atoms with Gasteiger partial charge in [-0.25, -0.2) is 19.1 Å². The second-order valence-corrected chi connectivity index (χ2v) is 12.5. The lowest BCUT2D eigenvalue weighted by molar-refractivity contribution is -0.171. The van der Waals surface area contributed by atoms with Gasteiger partial charge in [0.1, 0.15) is 24.8 Å². The number of aliphatic hydroxyl groups excluding tert-OH is 1. The van der Waals surface area contributed by atoms with Crippen molar-refractivity contribution in [2.75, 3.05) is 12.3 Å². The molecule has 5 unspecified atom stereocenters. The van der Waals surface area contributed by atoms with Crippen LogP contribution in [0.15, 0.2) is 58.3 Å². The average molecular weight is 638 g/mol. The largest absolute Gasteiger partial charge is 0.473 e. The molecule has 1 fully saturated rings. The molecule has 1 aromatic carbocycles. The summed E-state index contributed by atoms with van der Waals surface area (Å²) in [5.41, 5.74) is 4.95. The number of phosphoric ester groups is 1. The molecule has 45 heavy (non-hydrogen) atoms. The average Bonchev–Trinajstić information content (AvgIpc) is 3.56. The Hall–Kier alpha value is -4.24. The van der Waals surface area contributed by atoms with E-state index in [0.29, 0.717) is 11.4 Å². The topological polar surface area (TPSA) is 207 Å². The molecule has 0 aliphatic carbocycles. The van der Waals surface area contributed by atoms with Crippen LogP contribution in [0.4, 0.5) is 5.82 Å². The Labute approximate surface area is 254 Å². The zero-order chi connectivity index (χ0) is 31.7. The molecular weight excluding hydrogens is 609 g/mol. The monoisotopic (exact) mass is 637 g/mol. The van der Waals surface area contributed by atoms with Crippen molar-refractivity contribution in [2.24, 2.45) is 0 Å². The molecule has 15 nitrogen and oxygen atoms in total. The number of esters is 1. The fourth-order valence-corrected chi connectivity index (χ4v) is 7.22. The van der Waals surface area contributed by atoms with E-state index in [1.54, 1.807) is 13.0 Å². The number of para-hydroxylation sites is 1. The van der Waals surface area contributed by atoms with Gasteiger partial charge in [0.15, 0.2) is 0 Å². The van der Waals surface area contributed by atoms with Gasteiger partial charge in [-0.15, -0.1) is 0 Å². The maximum absolute atomic E-state index is 13.7. The number of benzene rings is 1. The molecule has 4 N–H and O–H groups in total. The fourth-order valence-electron chi connectivity index (χ4n) is 6.14. The molecule has 3 aliphatic heterocycles. The molecule has 0 saturated carbocycles. The highest BCUT2D eigenvalue weighted by atomic mass is 31.2. The van der Waals surface area contributed by atoms with Gasteiger partial charge in [0.2, 0.25) is 5.60 Å². The number of anilines is 1. The van der Waals surface area contributed by atoms with Crippen molar-refractivity contribution in [3.8, 4) is 11.4 Å². The smallest absolute Gasteiger partial charge is 0.458 e. The molecule has 0 radical (unpaired) electrons. The summed E-state index contributed by atoms with van der Waals surface area (Å²) in [6, 6.07) is 12.4. The first-order chi connectivity index (χ1) is 21.5. The van der Waals surface area contributed by atoms with Gasteiger partial charge < -0.3 is 29.8 Å². The van der Waals surface area contributed by atoms with E-state index in [-0.39, 0.29) is 42.9 Å². The molecule has 4 aromatic rings. The first-order valence-corrected chi connectivity index (χ1v) is 15.7. The number of fused-ring (bicyclic) bond motifs is 5. The minimum atomic E-state index is -5.07. The number of nitrogens with two attached hydrogens (primary N) is 1. The molecule has 234 valence electrons. The SMILES string of the molecule is CCC1(OP(=O)(O)OCC2OC(n3ccc(N)nc3=O)CC2O)C(=O)OCc2c1cc1n(c2=O)Cc2cc3ccccc3nc2-1. The van der Waals surface area contributed by atoms with Gasteiger partial charge in [-0.3, -0.25) is 18.4 Å². The Morgan fingerprint density at radius 3 is 2.76 bits per heavy atom. The van der Waals surface area contributed by atoms with Crippen molar-refractivity contribution in [1.29, 1.82) is 0 Å². The maximum atomic E-state index is 13.7. The summed E-state index contributed by atoms with van der Waals surface area (Å²) in [5, 5.41) is 11.4. The van der Waals surface area contributed by atoms with Crippen molar-refractivity contribution < 1.29 is 37.9 Å². The number of carbonyl (C=O) groups is 1. The third-order valence-electron chi connectivity index (χ3n) is 8.42. The summed E-state index contributed by atoms with van der Waals surface area (Å²) in [6.45, 7) is 0.840. The van der Waals surface area contributed by atoms with Crippen LogP contribution in [0.3, 0.4) is 0 Å². The molecule has 7 rings (SSSR count). The molecule has 16 heteroatoms. The van der Waals surface area contributed by atoms with Gasteiger partial charge >= 0.3 is 19.5 Å². The number of carbonyl (C=O) groups excluding carboxylic acids is 1. The van der Waals surface area contributed by atoms with Crippen molar-refractivity contribution in [2.45, 2.75) is 57.0 Å². The number of phosphoric acid groups is 1. The van der Waals surface area contributed by atoms with Gasteiger partial charge in [-0.1, -0.05) is 25.1 Å². The number of hydrogen-bond donors (Lipinski definition) is 3. The molecule has 3 aliphatic rings. The lowest BCUT2D eigenvalue weighted by Crippen LogP contribution is -2.46. The molecule has 0 amide bonds. The van der Waals surface area contributed by atoms with Gasteiger partial charge in [0.05, 0.1) is 41.7 Å². The Morgan fingerprint density at radius 2 is 1.98 bits per heavy atom. The maximum Gasteiger partial charge on any atom is 0.473 e. The molecule has 6 heterocycles. The van der Waals surface area contributed by atoms with Crippen molar-refractivity contribution in [1.82, 2.24) is 19.1 Å². The summed E-state index contributed by atoms with van der Waals surface area (Å²) in [7, 11) is -5.07.